The van der Waals surface area contributed by atoms with Crippen LogP contribution in [0, 0.1) is 0 Å². The summed E-state index contributed by atoms with van der Waals surface area (Å²) in [6.45, 7) is 1.14. The van der Waals surface area contributed by atoms with Crippen molar-refractivity contribution in [1.82, 2.24) is 9.80 Å². The summed E-state index contributed by atoms with van der Waals surface area (Å²) in [5, 5.41) is 11.5. The molecule has 1 aliphatic rings. The van der Waals surface area contributed by atoms with Crippen LogP contribution in [0.5, 0.6) is 5.75 Å². The summed E-state index contributed by atoms with van der Waals surface area (Å²) in [7, 11) is 5.44. The van der Waals surface area contributed by atoms with Gasteiger partial charge in [-0.3, -0.25) is 9.59 Å². The molecule has 1 unspecified atom stereocenters. The van der Waals surface area contributed by atoms with Gasteiger partial charge in [0.15, 0.2) is 0 Å². The van der Waals surface area contributed by atoms with E-state index in [4.69, 9.17) is 16.3 Å². The summed E-state index contributed by atoms with van der Waals surface area (Å²) in [6.07, 6.45) is 0.687. The molecular formula is C23H25ClN2O4. The number of nitrogens with zero attached hydrogens (tertiary/aromatic N) is 2. The Balaban J connectivity index is 2.13. The van der Waals surface area contributed by atoms with Gasteiger partial charge >= 0.3 is 0 Å². The van der Waals surface area contributed by atoms with Crippen molar-refractivity contribution in [3.8, 4) is 5.75 Å². The third-order valence-corrected chi connectivity index (χ3v) is 5.35. The number of aliphatic hydroxyl groups excluding tert-OH is 1. The number of likely N-dealkylation sites (tertiary alicyclic amines) is 1. The monoisotopic (exact) mass is 428 g/mol. The number of amides is 1. The lowest BCUT2D eigenvalue weighted by Gasteiger charge is -2.27. The predicted octanol–water partition coefficient (Wildman–Crippen LogP) is 3.72. The first-order chi connectivity index (χ1) is 14.3. The molecule has 6 nitrogen and oxygen atoms in total. The Hall–Kier alpha value is -2.83. The maximum Gasteiger partial charge on any atom is 0.295 e. The number of para-hydroxylation sites is 1. The molecule has 1 amide bonds. The van der Waals surface area contributed by atoms with Gasteiger partial charge in [0.1, 0.15) is 11.5 Å². The molecule has 0 radical (unpaired) electrons. The molecule has 158 valence electrons. The number of benzene rings is 2. The van der Waals surface area contributed by atoms with E-state index in [2.05, 4.69) is 0 Å². The molecule has 3 rings (SSSR count). The molecule has 1 heterocycles. The molecule has 30 heavy (non-hydrogen) atoms. The van der Waals surface area contributed by atoms with Crippen molar-refractivity contribution in [2.24, 2.45) is 0 Å². The van der Waals surface area contributed by atoms with E-state index in [1.165, 1.54) is 12.0 Å². The van der Waals surface area contributed by atoms with Crippen molar-refractivity contribution in [3.63, 3.8) is 0 Å². The standard InChI is InChI=1S/C23H25ClN2O4/c1-25(2)13-6-14-26-20(17-7-4-5-8-18(17)30-3)19(22(28)23(26)29)21(27)15-9-11-16(24)12-10-15/h4-5,7-12,20,27H,6,13-14H2,1-3H3/b21-19-. The van der Waals surface area contributed by atoms with Crippen LogP contribution in [-0.4, -0.2) is 60.9 Å². The van der Waals surface area contributed by atoms with Crippen molar-refractivity contribution in [1.29, 1.82) is 0 Å². The highest BCUT2D eigenvalue weighted by atomic mass is 35.5. The number of ketones is 1. The summed E-state index contributed by atoms with van der Waals surface area (Å²) in [6, 6.07) is 13.0. The number of methoxy groups -OCH3 is 1. The molecule has 0 aromatic heterocycles. The summed E-state index contributed by atoms with van der Waals surface area (Å²) in [5.74, 6) is -1.01. The number of Topliss-reactive ketones (excluding diaryl/α,β-unsaturated/α-hetero) is 1. The van der Waals surface area contributed by atoms with Crippen LogP contribution in [0.15, 0.2) is 54.1 Å². The van der Waals surface area contributed by atoms with Crippen LogP contribution in [0.1, 0.15) is 23.6 Å². The SMILES string of the molecule is COc1ccccc1C1/C(=C(/O)c2ccc(Cl)cc2)C(=O)C(=O)N1CCCN(C)C. The maximum atomic E-state index is 13.0. The zero-order chi connectivity index (χ0) is 21.8. The van der Waals surface area contributed by atoms with Crippen LogP contribution in [0.4, 0.5) is 0 Å². The topological polar surface area (TPSA) is 70.1 Å². The second-order valence-electron chi connectivity index (χ2n) is 7.40. The van der Waals surface area contributed by atoms with Crippen molar-refractivity contribution in [2.75, 3.05) is 34.3 Å². The molecule has 0 spiro atoms. The summed E-state index contributed by atoms with van der Waals surface area (Å²) in [5.41, 5.74) is 1.13. The molecule has 1 aliphatic heterocycles. The quantitative estimate of drug-likeness (QED) is 0.413. The highest BCUT2D eigenvalue weighted by molar-refractivity contribution is 6.46. The van der Waals surface area contributed by atoms with Crippen LogP contribution in [0.25, 0.3) is 5.76 Å². The fourth-order valence-corrected chi connectivity index (χ4v) is 3.77. The van der Waals surface area contributed by atoms with E-state index in [-0.39, 0.29) is 11.3 Å². The number of rotatable bonds is 7. The van der Waals surface area contributed by atoms with Gasteiger partial charge in [-0.1, -0.05) is 29.8 Å². The largest absolute Gasteiger partial charge is 0.507 e. The number of ether oxygens (including phenoxy) is 1. The van der Waals surface area contributed by atoms with E-state index in [0.717, 1.165) is 6.54 Å². The molecular weight excluding hydrogens is 404 g/mol. The van der Waals surface area contributed by atoms with Gasteiger partial charge in [-0.2, -0.15) is 0 Å². The Morgan fingerprint density at radius 2 is 1.80 bits per heavy atom. The van der Waals surface area contributed by atoms with Crippen LogP contribution in [0.3, 0.4) is 0 Å². The van der Waals surface area contributed by atoms with Crippen LogP contribution >= 0.6 is 11.6 Å². The number of aliphatic hydroxyl groups is 1. The third kappa shape index (κ3) is 4.35. The van der Waals surface area contributed by atoms with Gasteiger partial charge in [0.2, 0.25) is 0 Å². The highest BCUT2D eigenvalue weighted by Gasteiger charge is 2.46. The van der Waals surface area contributed by atoms with E-state index >= 15 is 0 Å². The van der Waals surface area contributed by atoms with Gasteiger partial charge in [-0.15, -0.1) is 0 Å². The van der Waals surface area contributed by atoms with Crippen LogP contribution in [-0.2, 0) is 9.59 Å². The summed E-state index contributed by atoms with van der Waals surface area (Å²) in [4.78, 5) is 29.4. The predicted molar refractivity (Wildman–Crippen MR) is 117 cm³/mol. The zero-order valence-corrected chi connectivity index (χ0v) is 18.0. The Labute approximate surface area is 181 Å². The molecule has 1 saturated heterocycles. The molecule has 1 N–H and O–H groups in total. The van der Waals surface area contributed by atoms with Crippen LogP contribution in [0.2, 0.25) is 5.02 Å². The first-order valence-corrected chi connectivity index (χ1v) is 10.0. The number of carbonyl (C=O) groups excluding carboxylic acids is 2. The molecule has 0 aliphatic carbocycles. The minimum Gasteiger partial charge on any atom is -0.507 e. The fourth-order valence-electron chi connectivity index (χ4n) is 3.65. The average molecular weight is 429 g/mol. The number of carbonyl (C=O) groups is 2. The van der Waals surface area contributed by atoms with E-state index in [0.29, 0.717) is 34.9 Å². The normalized spacial score (nSPS) is 18.3. The van der Waals surface area contributed by atoms with E-state index in [9.17, 15) is 14.7 Å². The molecule has 2 aromatic carbocycles. The maximum absolute atomic E-state index is 13.0. The Kier molecular flexibility index (Phi) is 6.80. The van der Waals surface area contributed by atoms with Crippen LogP contribution < -0.4 is 4.74 Å². The molecule has 1 fully saturated rings. The molecule has 1 atom stereocenters. The second-order valence-corrected chi connectivity index (χ2v) is 7.83. The van der Waals surface area contributed by atoms with Gasteiger partial charge in [0.05, 0.1) is 18.7 Å². The van der Waals surface area contributed by atoms with Gasteiger partial charge in [0, 0.05) is 22.7 Å². The molecule has 0 bridgehead atoms. The average Bonchev–Trinajstić information content (AvgIpc) is 2.98. The highest BCUT2D eigenvalue weighted by Crippen LogP contribution is 2.42. The van der Waals surface area contributed by atoms with Gasteiger partial charge in [0.25, 0.3) is 11.7 Å². The van der Waals surface area contributed by atoms with E-state index < -0.39 is 17.7 Å². The Bertz CT molecular complexity index is 969. The van der Waals surface area contributed by atoms with Crippen molar-refractivity contribution < 1.29 is 19.4 Å². The molecule has 2 aromatic rings. The van der Waals surface area contributed by atoms with Gasteiger partial charge in [-0.05, 0) is 57.4 Å². The first-order valence-electron chi connectivity index (χ1n) is 9.67. The number of hydrogen-bond acceptors (Lipinski definition) is 5. The lowest BCUT2D eigenvalue weighted by molar-refractivity contribution is -0.140. The summed E-state index contributed by atoms with van der Waals surface area (Å²) < 4.78 is 5.49. The number of hydrogen-bond donors (Lipinski definition) is 1. The minimum absolute atomic E-state index is 0.0525. The smallest absolute Gasteiger partial charge is 0.295 e. The van der Waals surface area contributed by atoms with Crippen molar-refractivity contribution in [2.45, 2.75) is 12.5 Å². The molecule has 7 heteroatoms. The first kappa shape index (κ1) is 21.9. The van der Waals surface area contributed by atoms with Crippen molar-refractivity contribution in [3.05, 3.63) is 70.3 Å². The minimum atomic E-state index is -0.737. The third-order valence-electron chi connectivity index (χ3n) is 5.10. The fraction of sp³-hybridized carbons (Fsp3) is 0.304. The molecule has 0 saturated carbocycles. The lowest BCUT2D eigenvalue weighted by Crippen LogP contribution is -2.32. The summed E-state index contributed by atoms with van der Waals surface area (Å²) >= 11 is 5.95. The number of halogens is 1. The van der Waals surface area contributed by atoms with Gasteiger partial charge in [-0.25, -0.2) is 0 Å². The van der Waals surface area contributed by atoms with Crippen molar-refractivity contribution >= 4 is 29.1 Å². The Morgan fingerprint density at radius 1 is 1.13 bits per heavy atom. The van der Waals surface area contributed by atoms with E-state index in [1.807, 2.05) is 37.2 Å². The Morgan fingerprint density at radius 3 is 2.43 bits per heavy atom. The lowest BCUT2D eigenvalue weighted by atomic mass is 9.94. The van der Waals surface area contributed by atoms with Gasteiger partial charge < -0.3 is 19.6 Å². The zero-order valence-electron chi connectivity index (χ0n) is 17.3. The second kappa shape index (κ2) is 9.32. The van der Waals surface area contributed by atoms with E-state index in [1.54, 1.807) is 30.3 Å².